The number of nitrogens with one attached hydrogen (secondary N) is 1. The summed E-state index contributed by atoms with van der Waals surface area (Å²) in [5.74, 6) is -0.801. The van der Waals surface area contributed by atoms with Crippen molar-refractivity contribution >= 4 is 56.5 Å². The normalized spacial score (nSPS) is 13.7. The van der Waals surface area contributed by atoms with E-state index in [4.69, 9.17) is 28.9 Å². The number of carbonyl (C=O) groups excluding carboxylic acids is 2. The minimum atomic E-state index is -1.00. The van der Waals surface area contributed by atoms with Crippen molar-refractivity contribution in [1.82, 2.24) is 5.32 Å². The first-order chi connectivity index (χ1) is 9.25. The van der Waals surface area contributed by atoms with Crippen molar-refractivity contribution in [1.29, 1.82) is 0 Å². The Kier molecular flexibility index (Phi) is 5.86. The highest BCUT2D eigenvalue weighted by molar-refractivity contribution is 9.10. The number of rotatable bonds is 5. The molecule has 110 valence electrons. The molecule has 4 nitrogen and oxygen atoms in total. The predicted molar refractivity (Wildman–Crippen MR) is 85.5 cm³/mol. The fourth-order valence-corrected chi connectivity index (χ4v) is 2.45. The summed E-state index contributed by atoms with van der Waals surface area (Å²) in [6, 6.07) is 3.01. The molecule has 0 bridgehead atoms. The summed E-state index contributed by atoms with van der Waals surface area (Å²) < 4.78 is 0.520. The molecule has 1 atom stereocenters. The van der Waals surface area contributed by atoms with Gasteiger partial charge in [-0.3, -0.25) is 9.59 Å². The quantitative estimate of drug-likeness (QED) is 0.606. The fourth-order valence-electron chi connectivity index (χ4n) is 1.57. The molecule has 0 aliphatic heterocycles. The zero-order chi connectivity index (χ0) is 15.5. The number of hydrogen-bond acceptors (Lipinski definition) is 3. The van der Waals surface area contributed by atoms with E-state index in [0.717, 1.165) is 0 Å². The summed E-state index contributed by atoms with van der Waals surface area (Å²) in [6.07, 6.45) is 0.439. The third-order valence-corrected chi connectivity index (χ3v) is 4.67. The molecule has 1 aromatic carbocycles. The first kappa shape index (κ1) is 17.3. The maximum absolute atomic E-state index is 12.2. The molecule has 0 fully saturated rings. The van der Waals surface area contributed by atoms with Gasteiger partial charge in [-0.05, 0) is 41.4 Å². The topological polar surface area (TPSA) is 72.2 Å². The summed E-state index contributed by atoms with van der Waals surface area (Å²) in [5.41, 5.74) is 5.32. The van der Waals surface area contributed by atoms with Crippen LogP contribution in [0.25, 0.3) is 0 Å². The molecule has 0 aliphatic rings. The maximum atomic E-state index is 12.2. The fraction of sp³-hybridized carbons (Fsp3) is 0.385. The number of halogens is 3. The van der Waals surface area contributed by atoms with Crippen LogP contribution in [0, 0.1) is 0 Å². The first-order valence-corrected chi connectivity index (χ1v) is 7.62. The van der Waals surface area contributed by atoms with Gasteiger partial charge in [0.15, 0.2) is 5.78 Å². The average molecular weight is 382 g/mol. The Labute approximate surface area is 136 Å². The van der Waals surface area contributed by atoms with Crippen LogP contribution < -0.4 is 11.1 Å². The van der Waals surface area contributed by atoms with Gasteiger partial charge in [0.25, 0.3) is 5.91 Å². The molecule has 0 aliphatic carbocycles. The van der Waals surface area contributed by atoms with Crippen molar-refractivity contribution in [2.75, 3.05) is 11.6 Å². The van der Waals surface area contributed by atoms with Gasteiger partial charge < -0.3 is 11.1 Å². The van der Waals surface area contributed by atoms with E-state index >= 15 is 0 Å². The number of hydrogen-bond donors (Lipinski definition) is 2. The van der Waals surface area contributed by atoms with Gasteiger partial charge in [0, 0.05) is 10.0 Å². The van der Waals surface area contributed by atoms with Crippen LogP contribution in [0.5, 0.6) is 0 Å². The van der Waals surface area contributed by atoms with E-state index in [9.17, 15) is 9.59 Å². The molecule has 20 heavy (non-hydrogen) atoms. The predicted octanol–water partition coefficient (Wildman–Crippen LogP) is 3.39. The Morgan fingerprint density at radius 3 is 2.50 bits per heavy atom. The van der Waals surface area contributed by atoms with Crippen molar-refractivity contribution in [2.24, 2.45) is 0 Å². The van der Waals surface area contributed by atoms with E-state index in [2.05, 4.69) is 21.2 Å². The molecular weight excluding hydrogens is 367 g/mol. The summed E-state index contributed by atoms with van der Waals surface area (Å²) in [6.45, 7) is 3.45. The standard InChI is InChI=1S/C13H15BrCl2N2O2/c1-3-13(2,10(19)6-15)18-12(20)7-4-8(14)11(16)9(17)5-7/h4-5H,3,6,17H2,1-2H3,(H,18,20). The van der Waals surface area contributed by atoms with Crippen molar-refractivity contribution < 1.29 is 9.59 Å². The van der Waals surface area contributed by atoms with Gasteiger partial charge >= 0.3 is 0 Å². The highest BCUT2D eigenvalue weighted by Gasteiger charge is 2.32. The van der Waals surface area contributed by atoms with Crippen molar-refractivity contribution in [3.8, 4) is 0 Å². The molecule has 0 aromatic heterocycles. The largest absolute Gasteiger partial charge is 0.397 e. The van der Waals surface area contributed by atoms with E-state index in [-0.39, 0.29) is 17.4 Å². The third kappa shape index (κ3) is 3.65. The Morgan fingerprint density at radius 1 is 1.45 bits per heavy atom. The lowest BCUT2D eigenvalue weighted by atomic mass is 9.93. The monoisotopic (exact) mass is 380 g/mol. The molecule has 1 unspecified atom stereocenters. The van der Waals surface area contributed by atoms with E-state index in [0.29, 0.717) is 21.5 Å². The van der Waals surface area contributed by atoms with E-state index in [1.165, 1.54) is 6.07 Å². The van der Waals surface area contributed by atoms with Crippen LogP contribution >= 0.6 is 39.1 Å². The first-order valence-electron chi connectivity index (χ1n) is 5.91. The number of ketones is 1. The van der Waals surface area contributed by atoms with E-state index in [1.807, 2.05) is 0 Å². The lowest BCUT2D eigenvalue weighted by Gasteiger charge is -2.27. The summed E-state index contributed by atoms with van der Waals surface area (Å²) in [5, 5.41) is 3.04. The van der Waals surface area contributed by atoms with Crippen LogP contribution in [0.1, 0.15) is 30.6 Å². The van der Waals surface area contributed by atoms with Crippen molar-refractivity contribution in [3.63, 3.8) is 0 Å². The highest BCUT2D eigenvalue weighted by atomic mass is 79.9. The minimum Gasteiger partial charge on any atom is -0.397 e. The Bertz CT molecular complexity index is 528. The maximum Gasteiger partial charge on any atom is 0.252 e. The summed E-state index contributed by atoms with van der Waals surface area (Å²) in [4.78, 5) is 24.0. The van der Waals surface area contributed by atoms with E-state index in [1.54, 1.807) is 19.9 Å². The van der Waals surface area contributed by atoms with Crippen LogP contribution in [0.3, 0.4) is 0 Å². The molecular formula is C13H15BrCl2N2O2. The number of anilines is 1. The number of nitrogen functional groups attached to an aromatic ring is 1. The molecule has 1 aromatic rings. The number of amides is 1. The zero-order valence-electron chi connectivity index (χ0n) is 11.1. The third-order valence-electron chi connectivity index (χ3n) is 3.15. The molecule has 0 radical (unpaired) electrons. The van der Waals surface area contributed by atoms with Gasteiger partial charge in [-0.25, -0.2) is 0 Å². The molecule has 0 saturated heterocycles. The molecule has 0 heterocycles. The van der Waals surface area contributed by atoms with Gasteiger partial charge in [-0.2, -0.15) is 0 Å². The second-order valence-electron chi connectivity index (χ2n) is 4.56. The van der Waals surface area contributed by atoms with Gasteiger partial charge in [0.2, 0.25) is 0 Å². The zero-order valence-corrected chi connectivity index (χ0v) is 14.2. The lowest BCUT2D eigenvalue weighted by molar-refractivity contribution is -0.122. The van der Waals surface area contributed by atoms with Crippen molar-refractivity contribution in [2.45, 2.75) is 25.8 Å². The Morgan fingerprint density at radius 2 is 2.05 bits per heavy atom. The average Bonchev–Trinajstić information content (AvgIpc) is 2.42. The molecule has 1 rings (SSSR count). The van der Waals surface area contributed by atoms with Gasteiger partial charge in [0.1, 0.15) is 0 Å². The van der Waals surface area contributed by atoms with Crippen LogP contribution in [-0.2, 0) is 4.79 Å². The van der Waals surface area contributed by atoms with Gasteiger partial charge in [-0.1, -0.05) is 18.5 Å². The van der Waals surface area contributed by atoms with Gasteiger partial charge in [0.05, 0.1) is 22.1 Å². The van der Waals surface area contributed by atoms with Gasteiger partial charge in [-0.15, -0.1) is 11.6 Å². The van der Waals surface area contributed by atoms with E-state index < -0.39 is 11.4 Å². The Hall–Kier alpha value is -0.780. The molecule has 0 saturated carbocycles. The minimum absolute atomic E-state index is 0.156. The molecule has 0 spiro atoms. The number of alkyl halides is 1. The molecule has 3 N–H and O–H groups in total. The second-order valence-corrected chi connectivity index (χ2v) is 6.06. The van der Waals surface area contributed by atoms with Crippen LogP contribution in [-0.4, -0.2) is 23.1 Å². The van der Waals surface area contributed by atoms with Crippen LogP contribution in [0.4, 0.5) is 5.69 Å². The van der Waals surface area contributed by atoms with Crippen molar-refractivity contribution in [3.05, 3.63) is 27.2 Å². The number of Topliss-reactive ketones (excluding diaryl/α,β-unsaturated/α-hetero) is 1. The summed E-state index contributed by atoms with van der Waals surface area (Å²) >= 11 is 14.7. The van der Waals surface area contributed by atoms with Crippen LogP contribution in [0.2, 0.25) is 5.02 Å². The SMILES string of the molecule is CCC(C)(NC(=O)c1cc(N)c(Cl)c(Br)c1)C(=O)CCl. The molecule has 7 heteroatoms. The number of benzene rings is 1. The lowest BCUT2D eigenvalue weighted by Crippen LogP contribution is -2.52. The van der Waals surface area contributed by atoms with Crippen LogP contribution in [0.15, 0.2) is 16.6 Å². The smallest absolute Gasteiger partial charge is 0.252 e. The summed E-state index contributed by atoms with van der Waals surface area (Å²) in [7, 11) is 0. The second kappa shape index (κ2) is 6.78. The Balaban J connectivity index is 3.05. The number of nitrogens with two attached hydrogens (primary N) is 1. The molecule has 1 amide bonds. The number of carbonyl (C=O) groups is 2. The highest BCUT2D eigenvalue weighted by Crippen LogP contribution is 2.30.